The van der Waals surface area contributed by atoms with Gasteiger partial charge in [-0.3, -0.25) is 14.4 Å². The Hall–Kier alpha value is -2.12. The minimum atomic E-state index is -1.70. The van der Waals surface area contributed by atoms with Crippen LogP contribution in [0.15, 0.2) is 0 Å². The molecule has 0 fully saturated rings. The van der Waals surface area contributed by atoms with E-state index in [1.807, 2.05) is 0 Å². The molecule has 0 saturated carbocycles. The Morgan fingerprint density at radius 2 is 1.62 bits per heavy atom. The Balaban J connectivity index is 4.99. The minimum absolute atomic E-state index is 0.0428. The number of esters is 3. The maximum atomic E-state index is 11.8. The molecule has 0 heterocycles. The molecule has 1 N–H and O–H groups in total. The lowest BCUT2D eigenvalue weighted by atomic mass is 9.96. The molecule has 2 atom stereocenters. The first-order valence-electron chi connectivity index (χ1n) is 6.55. The number of rotatable bonds is 9. The second-order valence-electron chi connectivity index (χ2n) is 4.07. The molecule has 0 radical (unpaired) electrons. The number of aliphatic carboxylic acids is 1. The van der Waals surface area contributed by atoms with Crippen LogP contribution in [0.2, 0.25) is 0 Å². The molecule has 0 aromatic heterocycles. The maximum Gasteiger partial charge on any atom is 0.345 e. The molecule has 0 aliphatic heterocycles. The monoisotopic (exact) mass is 304 g/mol. The van der Waals surface area contributed by atoms with E-state index in [0.29, 0.717) is 0 Å². The summed E-state index contributed by atoms with van der Waals surface area (Å²) in [5.74, 6) is -5.00. The summed E-state index contributed by atoms with van der Waals surface area (Å²) in [6.45, 7) is 4.43. The number of carboxylic acids is 1. The highest BCUT2D eigenvalue weighted by molar-refractivity contribution is 5.85. The van der Waals surface area contributed by atoms with Crippen LogP contribution < -0.4 is 0 Å². The van der Waals surface area contributed by atoms with Gasteiger partial charge in [0.25, 0.3) is 0 Å². The third-order valence-electron chi connectivity index (χ3n) is 2.46. The van der Waals surface area contributed by atoms with Gasteiger partial charge in [0.2, 0.25) is 6.10 Å². The third-order valence-corrected chi connectivity index (χ3v) is 2.46. The molecule has 2 unspecified atom stereocenters. The first kappa shape index (κ1) is 18.9. The van der Waals surface area contributed by atoms with Gasteiger partial charge in [0.05, 0.1) is 13.2 Å². The highest BCUT2D eigenvalue weighted by atomic mass is 16.6. The molecule has 0 amide bonds. The van der Waals surface area contributed by atoms with Crippen LogP contribution in [0.3, 0.4) is 0 Å². The highest BCUT2D eigenvalue weighted by Crippen LogP contribution is 2.18. The standard InChI is InChI=1S/C13H20O8/c1-4-19-10(15)7-6-9(13(18)20-5-2)11(12(16)17)21-8(3)14/h9,11H,4-7H2,1-3H3,(H,16,17). The van der Waals surface area contributed by atoms with Gasteiger partial charge in [0, 0.05) is 13.3 Å². The molecule has 0 aromatic rings. The number of carbonyl (C=O) groups is 4. The summed E-state index contributed by atoms with van der Waals surface area (Å²) >= 11 is 0. The molecule has 0 aliphatic rings. The number of hydrogen-bond donors (Lipinski definition) is 1. The summed E-state index contributed by atoms with van der Waals surface area (Å²) in [5.41, 5.74) is 0. The fraction of sp³-hybridized carbons (Fsp3) is 0.692. The maximum absolute atomic E-state index is 11.8. The van der Waals surface area contributed by atoms with E-state index in [4.69, 9.17) is 14.6 Å². The van der Waals surface area contributed by atoms with Crippen LogP contribution in [0.25, 0.3) is 0 Å². The van der Waals surface area contributed by atoms with E-state index in [0.717, 1.165) is 6.92 Å². The van der Waals surface area contributed by atoms with Gasteiger partial charge in [-0.1, -0.05) is 0 Å². The van der Waals surface area contributed by atoms with Crippen molar-refractivity contribution in [2.45, 2.75) is 39.7 Å². The van der Waals surface area contributed by atoms with E-state index in [-0.39, 0.29) is 26.1 Å². The first-order chi connectivity index (χ1) is 9.83. The molecule has 8 heteroatoms. The molecular formula is C13H20O8. The Kier molecular flexibility index (Phi) is 8.75. The smallest absolute Gasteiger partial charge is 0.345 e. The number of carbonyl (C=O) groups excluding carboxylic acids is 3. The SMILES string of the molecule is CCOC(=O)CCC(C(=O)OCC)C(OC(C)=O)C(=O)O. The van der Waals surface area contributed by atoms with E-state index in [2.05, 4.69) is 4.74 Å². The second-order valence-corrected chi connectivity index (χ2v) is 4.07. The van der Waals surface area contributed by atoms with Gasteiger partial charge in [0.1, 0.15) is 5.92 Å². The Morgan fingerprint density at radius 1 is 1.05 bits per heavy atom. The zero-order chi connectivity index (χ0) is 16.4. The van der Waals surface area contributed by atoms with E-state index < -0.39 is 35.9 Å². The van der Waals surface area contributed by atoms with Gasteiger partial charge in [-0.05, 0) is 20.3 Å². The summed E-state index contributed by atoms with van der Waals surface area (Å²) in [6, 6.07) is 0. The zero-order valence-electron chi connectivity index (χ0n) is 12.3. The summed E-state index contributed by atoms with van der Waals surface area (Å²) in [7, 11) is 0. The molecule has 0 aromatic carbocycles. The number of hydrogen-bond acceptors (Lipinski definition) is 7. The van der Waals surface area contributed by atoms with Crippen molar-refractivity contribution in [1.82, 2.24) is 0 Å². The lowest BCUT2D eigenvalue weighted by Crippen LogP contribution is -2.39. The van der Waals surface area contributed by atoms with Crippen molar-refractivity contribution in [3.63, 3.8) is 0 Å². The minimum Gasteiger partial charge on any atom is -0.478 e. The van der Waals surface area contributed by atoms with E-state index in [1.54, 1.807) is 13.8 Å². The summed E-state index contributed by atoms with van der Waals surface area (Å²) in [4.78, 5) is 45.2. The van der Waals surface area contributed by atoms with Crippen LogP contribution in [0.4, 0.5) is 0 Å². The highest BCUT2D eigenvalue weighted by Gasteiger charge is 2.37. The lowest BCUT2D eigenvalue weighted by molar-refractivity contribution is -0.174. The molecule has 0 spiro atoms. The van der Waals surface area contributed by atoms with Gasteiger partial charge in [-0.2, -0.15) is 0 Å². The van der Waals surface area contributed by atoms with E-state index >= 15 is 0 Å². The predicted octanol–water partition coefficient (Wildman–Crippen LogP) is 0.525. The van der Waals surface area contributed by atoms with Crippen molar-refractivity contribution in [2.75, 3.05) is 13.2 Å². The largest absolute Gasteiger partial charge is 0.478 e. The number of carboxylic acid groups (broad SMARTS) is 1. The molecule has 120 valence electrons. The number of ether oxygens (including phenoxy) is 3. The van der Waals surface area contributed by atoms with Crippen molar-refractivity contribution in [1.29, 1.82) is 0 Å². The van der Waals surface area contributed by atoms with Gasteiger partial charge in [-0.25, -0.2) is 4.79 Å². The fourth-order valence-electron chi connectivity index (χ4n) is 1.63. The van der Waals surface area contributed by atoms with Crippen molar-refractivity contribution in [3.05, 3.63) is 0 Å². The van der Waals surface area contributed by atoms with Crippen LogP contribution >= 0.6 is 0 Å². The van der Waals surface area contributed by atoms with E-state index in [9.17, 15) is 19.2 Å². The van der Waals surface area contributed by atoms with Gasteiger partial charge >= 0.3 is 23.9 Å². The third kappa shape index (κ3) is 7.28. The fourth-order valence-corrected chi connectivity index (χ4v) is 1.63. The van der Waals surface area contributed by atoms with Crippen LogP contribution in [0.1, 0.15) is 33.6 Å². The normalized spacial score (nSPS) is 12.9. The summed E-state index contributed by atoms with van der Waals surface area (Å²) in [6.07, 6.45) is -2.03. The van der Waals surface area contributed by atoms with Crippen molar-refractivity contribution < 1.29 is 38.5 Å². The van der Waals surface area contributed by atoms with Gasteiger partial charge < -0.3 is 19.3 Å². The van der Waals surface area contributed by atoms with Crippen LogP contribution in [-0.2, 0) is 33.4 Å². The van der Waals surface area contributed by atoms with Gasteiger partial charge in [0.15, 0.2) is 0 Å². The Labute approximate surface area is 122 Å². The molecular weight excluding hydrogens is 284 g/mol. The quantitative estimate of drug-likeness (QED) is 0.484. The molecule has 0 rings (SSSR count). The van der Waals surface area contributed by atoms with Gasteiger partial charge in [-0.15, -0.1) is 0 Å². The van der Waals surface area contributed by atoms with Crippen molar-refractivity contribution in [2.24, 2.45) is 5.92 Å². The zero-order valence-corrected chi connectivity index (χ0v) is 12.3. The molecule has 0 saturated heterocycles. The molecule has 0 aliphatic carbocycles. The summed E-state index contributed by atoms with van der Waals surface area (Å²) < 4.78 is 14.1. The average molecular weight is 304 g/mol. The lowest BCUT2D eigenvalue weighted by Gasteiger charge is -2.21. The van der Waals surface area contributed by atoms with Crippen molar-refractivity contribution in [3.8, 4) is 0 Å². The molecule has 8 nitrogen and oxygen atoms in total. The first-order valence-corrected chi connectivity index (χ1v) is 6.55. The topological polar surface area (TPSA) is 116 Å². The van der Waals surface area contributed by atoms with E-state index in [1.165, 1.54) is 0 Å². The van der Waals surface area contributed by atoms with Crippen LogP contribution in [0, 0.1) is 5.92 Å². The molecule has 0 bridgehead atoms. The Morgan fingerprint density at radius 3 is 2.05 bits per heavy atom. The molecule has 21 heavy (non-hydrogen) atoms. The van der Waals surface area contributed by atoms with Crippen LogP contribution in [-0.4, -0.2) is 48.3 Å². The van der Waals surface area contributed by atoms with Crippen LogP contribution in [0.5, 0.6) is 0 Å². The average Bonchev–Trinajstić information content (AvgIpc) is 2.37. The van der Waals surface area contributed by atoms with Crippen molar-refractivity contribution >= 4 is 23.9 Å². The predicted molar refractivity (Wildman–Crippen MR) is 69.2 cm³/mol. The second kappa shape index (κ2) is 9.73. The summed E-state index contributed by atoms with van der Waals surface area (Å²) in [5, 5.41) is 9.08. The Bertz CT molecular complexity index is 390.